The van der Waals surface area contributed by atoms with Crippen LogP contribution in [0.25, 0.3) is 0 Å². The molecule has 0 aliphatic rings. The Morgan fingerprint density at radius 1 is 1.19 bits per heavy atom. The molecule has 2 rings (SSSR count). The largest absolute Gasteiger partial charge is 0.493 e. The Bertz CT molecular complexity index is 617. The molecule has 0 saturated heterocycles. The van der Waals surface area contributed by atoms with E-state index in [1.807, 2.05) is 24.4 Å². The average Bonchev–Trinajstić information content (AvgIpc) is 2.53. The smallest absolute Gasteiger partial charge is 0.161 e. The van der Waals surface area contributed by atoms with E-state index in [0.29, 0.717) is 6.54 Å². The highest BCUT2D eigenvalue weighted by Gasteiger charge is 2.11. The molecule has 0 saturated carbocycles. The normalized spacial score (nSPS) is 10.3. The van der Waals surface area contributed by atoms with Gasteiger partial charge in [-0.15, -0.1) is 11.8 Å². The highest BCUT2D eigenvalue weighted by Crippen LogP contribution is 2.34. The van der Waals surface area contributed by atoms with E-state index in [1.54, 1.807) is 32.2 Å². The van der Waals surface area contributed by atoms with Crippen LogP contribution in [-0.4, -0.2) is 25.5 Å². The van der Waals surface area contributed by atoms with E-state index < -0.39 is 0 Å². The maximum Gasteiger partial charge on any atom is 0.161 e. The van der Waals surface area contributed by atoms with E-state index >= 15 is 0 Å². The molecule has 112 valence electrons. The predicted octanol–water partition coefficient (Wildman–Crippen LogP) is 3.74. The van der Waals surface area contributed by atoms with Crippen molar-refractivity contribution in [3.63, 3.8) is 0 Å². The van der Waals surface area contributed by atoms with Crippen molar-refractivity contribution in [3.05, 3.63) is 41.7 Å². The van der Waals surface area contributed by atoms with Crippen LogP contribution in [0, 0.1) is 6.92 Å². The number of nitrogens with zero attached hydrogens (tertiary/aromatic N) is 1. The molecule has 0 aliphatic heterocycles. The first-order chi connectivity index (χ1) is 10.2. The fourth-order valence-corrected chi connectivity index (χ4v) is 2.69. The Kier molecular flexibility index (Phi) is 5.33. The molecule has 0 unspecified atom stereocenters. The van der Waals surface area contributed by atoms with Crippen LogP contribution in [0.3, 0.4) is 0 Å². The number of thioether (sulfide) groups is 1. The summed E-state index contributed by atoms with van der Waals surface area (Å²) in [5, 5.41) is 3.42. The Morgan fingerprint density at radius 2 is 1.90 bits per heavy atom. The Hall–Kier alpha value is -1.88. The first-order valence-electron chi connectivity index (χ1n) is 6.63. The number of pyridine rings is 1. The van der Waals surface area contributed by atoms with E-state index in [4.69, 9.17) is 9.47 Å². The maximum absolute atomic E-state index is 5.38. The van der Waals surface area contributed by atoms with Crippen LogP contribution in [-0.2, 0) is 6.54 Å². The van der Waals surface area contributed by atoms with Gasteiger partial charge in [0.2, 0.25) is 0 Å². The van der Waals surface area contributed by atoms with Gasteiger partial charge in [-0.25, -0.2) is 0 Å². The lowest BCUT2D eigenvalue weighted by molar-refractivity contribution is 0.353. The van der Waals surface area contributed by atoms with E-state index in [2.05, 4.69) is 23.5 Å². The lowest BCUT2D eigenvalue weighted by atomic mass is 10.2. The van der Waals surface area contributed by atoms with Gasteiger partial charge in [0.05, 0.1) is 26.1 Å². The number of hydrogen-bond acceptors (Lipinski definition) is 5. The number of ether oxygens (including phenoxy) is 2. The highest BCUT2D eigenvalue weighted by atomic mass is 32.2. The molecule has 21 heavy (non-hydrogen) atoms. The third kappa shape index (κ3) is 3.61. The summed E-state index contributed by atoms with van der Waals surface area (Å²) in [6.07, 6.45) is 5.69. The summed E-state index contributed by atoms with van der Waals surface area (Å²) in [6.45, 7) is 2.77. The molecule has 0 atom stereocenters. The summed E-state index contributed by atoms with van der Waals surface area (Å²) in [5.41, 5.74) is 3.39. The van der Waals surface area contributed by atoms with E-state index in [-0.39, 0.29) is 0 Å². The van der Waals surface area contributed by atoms with Gasteiger partial charge in [0.25, 0.3) is 0 Å². The molecular formula is C16H20N2O2S. The molecule has 1 aromatic heterocycles. The molecule has 0 bridgehead atoms. The fraction of sp³-hybridized carbons (Fsp3) is 0.312. The third-order valence-electron chi connectivity index (χ3n) is 3.29. The van der Waals surface area contributed by atoms with Gasteiger partial charge >= 0.3 is 0 Å². The lowest BCUT2D eigenvalue weighted by Gasteiger charge is -2.15. The second kappa shape index (κ2) is 7.22. The van der Waals surface area contributed by atoms with Crippen LogP contribution in [0.15, 0.2) is 35.5 Å². The number of hydrogen-bond donors (Lipinski definition) is 1. The van der Waals surface area contributed by atoms with E-state index in [0.717, 1.165) is 17.2 Å². The summed E-state index contributed by atoms with van der Waals surface area (Å²) in [6, 6.07) is 6.02. The van der Waals surface area contributed by atoms with E-state index in [1.165, 1.54) is 16.0 Å². The molecule has 0 radical (unpaired) electrons. The minimum absolute atomic E-state index is 0.711. The Balaban J connectivity index is 2.25. The molecule has 0 amide bonds. The van der Waals surface area contributed by atoms with Crippen molar-refractivity contribution in [2.75, 3.05) is 25.8 Å². The zero-order valence-corrected chi connectivity index (χ0v) is 13.6. The van der Waals surface area contributed by atoms with Crippen molar-refractivity contribution in [1.29, 1.82) is 0 Å². The summed E-state index contributed by atoms with van der Waals surface area (Å²) in [7, 11) is 3.30. The molecule has 0 aliphatic carbocycles. The predicted molar refractivity (Wildman–Crippen MR) is 87.6 cm³/mol. The SMILES string of the molecule is COc1cc(CNc2cnccc2C)c(SC)cc1OC. The maximum atomic E-state index is 5.38. The minimum Gasteiger partial charge on any atom is -0.493 e. The van der Waals surface area contributed by atoms with Crippen molar-refractivity contribution in [1.82, 2.24) is 4.98 Å². The van der Waals surface area contributed by atoms with Crippen LogP contribution in [0.5, 0.6) is 11.5 Å². The summed E-state index contributed by atoms with van der Waals surface area (Å²) >= 11 is 1.69. The van der Waals surface area contributed by atoms with E-state index in [9.17, 15) is 0 Å². The van der Waals surface area contributed by atoms with Crippen LogP contribution in [0.4, 0.5) is 5.69 Å². The van der Waals surface area contributed by atoms with Gasteiger partial charge in [-0.3, -0.25) is 4.98 Å². The van der Waals surface area contributed by atoms with Crippen molar-refractivity contribution >= 4 is 17.4 Å². The summed E-state index contributed by atoms with van der Waals surface area (Å²) in [5.74, 6) is 1.50. The topological polar surface area (TPSA) is 43.4 Å². The number of anilines is 1. The molecular weight excluding hydrogens is 284 g/mol. The Morgan fingerprint density at radius 3 is 2.52 bits per heavy atom. The van der Waals surface area contributed by atoms with Crippen molar-refractivity contribution < 1.29 is 9.47 Å². The van der Waals surface area contributed by atoms with Gasteiger partial charge in [0.1, 0.15) is 0 Å². The monoisotopic (exact) mass is 304 g/mol. The van der Waals surface area contributed by atoms with Crippen LogP contribution < -0.4 is 14.8 Å². The van der Waals surface area contributed by atoms with Crippen molar-refractivity contribution in [3.8, 4) is 11.5 Å². The molecule has 4 nitrogen and oxygen atoms in total. The van der Waals surface area contributed by atoms with Crippen molar-refractivity contribution in [2.24, 2.45) is 0 Å². The van der Waals surface area contributed by atoms with Gasteiger partial charge in [-0.1, -0.05) is 0 Å². The quantitative estimate of drug-likeness (QED) is 0.824. The second-order valence-corrected chi connectivity index (χ2v) is 5.41. The molecule has 2 aromatic rings. The average molecular weight is 304 g/mol. The van der Waals surface area contributed by atoms with Gasteiger partial charge in [-0.05, 0) is 42.5 Å². The lowest BCUT2D eigenvalue weighted by Crippen LogP contribution is -2.04. The molecule has 1 aromatic carbocycles. The second-order valence-electron chi connectivity index (χ2n) is 4.56. The molecule has 0 spiro atoms. The number of methoxy groups -OCH3 is 2. The summed E-state index contributed by atoms with van der Waals surface area (Å²) in [4.78, 5) is 5.32. The zero-order valence-electron chi connectivity index (χ0n) is 12.8. The minimum atomic E-state index is 0.711. The summed E-state index contributed by atoms with van der Waals surface area (Å²) < 4.78 is 10.7. The third-order valence-corrected chi connectivity index (χ3v) is 4.11. The molecule has 0 fully saturated rings. The van der Waals surface area contributed by atoms with Gasteiger partial charge in [0, 0.05) is 17.6 Å². The number of nitrogens with one attached hydrogen (secondary N) is 1. The molecule has 1 heterocycles. The fourth-order valence-electron chi connectivity index (χ4n) is 2.07. The molecule has 1 N–H and O–H groups in total. The number of aromatic nitrogens is 1. The highest BCUT2D eigenvalue weighted by molar-refractivity contribution is 7.98. The van der Waals surface area contributed by atoms with Gasteiger partial charge in [-0.2, -0.15) is 0 Å². The van der Waals surface area contributed by atoms with Gasteiger partial charge < -0.3 is 14.8 Å². The standard InChI is InChI=1S/C16H20N2O2S/c1-11-5-6-17-10-13(11)18-9-12-7-14(19-2)15(20-3)8-16(12)21-4/h5-8,10,18H,9H2,1-4H3. The van der Waals surface area contributed by atoms with Crippen LogP contribution >= 0.6 is 11.8 Å². The number of benzene rings is 1. The first kappa shape index (κ1) is 15.5. The van der Waals surface area contributed by atoms with Crippen LogP contribution in [0.1, 0.15) is 11.1 Å². The Labute approximate surface area is 129 Å². The molecule has 5 heteroatoms. The van der Waals surface area contributed by atoms with Gasteiger partial charge in [0.15, 0.2) is 11.5 Å². The van der Waals surface area contributed by atoms with Crippen LogP contribution in [0.2, 0.25) is 0 Å². The van der Waals surface area contributed by atoms with Crippen molar-refractivity contribution in [2.45, 2.75) is 18.4 Å². The number of aryl methyl sites for hydroxylation is 1. The first-order valence-corrected chi connectivity index (χ1v) is 7.85. The zero-order chi connectivity index (χ0) is 15.2. The number of rotatable bonds is 6.